The quantitative estimate of drug-likeness (QED) is 0.641. The molecule has 0 bridgehead atoms. The number of benzene rings is 1. The Kier molecular flexibility index (Phi) is 1.79. The second-order valence-corrected chi connectivity index (χ2v) is 2.98. The molecule has 0 N–H and O–H groups in total. The van der Waals surface area contributed by atoms with Crippen molar-refractivity contribution in [2.45, 2.75) is 6.92 Å². The van der Waals surface area contributed by atoms with E-state index in [2.05, 4.69) is 4.98 Å². The highest BCUT2D eigenvalue weighted by atomic mass is 14.7. The first kappa shape index (κ1) is 6.84. The van der Waals surface area contributed by atoms with Crippen LogP contribution in [0.3, 0.4) is 0 Å². The van der Waals surface area contributed by atoms with Gasteiger partial charge in [-0.05, 0) is 24.6 Å². The molecule has 0 saturated heterocycles. The van der Waals surface area contributed by atoms with E-state index >= 15 is 0 Å². The Morgan fingerprint density at radius 3 is 2.69 bits per heavy atom. The standard InChI is InChI=1S/C12H11N/c1-10-7-8-13-12(9-10)11-5-3-2-4-6-11/h2-9H,1H3/i7D. The second kappa shape index (κ2) is 3.40. The molecule has 0 aliphatic heterocycles. The summed E-state index contributed by atoms with van der Waals surface area (Å²) in [5.41, 5.74) is 2.98. The summed E-state index contributed by atoms with van der Waals surface area (Å²) in [5.74, 6) is 0. The summed E-state index contributed by atoms with van der Waals surface area (Å²) in [7, 11) is 0. The molecule has 2 rings (SSSR count). The van der Waals surface area contributed by atoms with Gasteiger partial charge < -0.3 is 0 Å². The van der Waals surface area contributed by atoms with Gasteiger partial charge in [0, 0.05) is 11.8 Å². The number of nitrogens with zero attached hydrogens (tertiary/aromatic N) is 1. The summed E-state index contributed by atoms with van der Waals surface area (Å²) < 4.78 is 7.52. The van der Waals surface area contributed by atoms with Crippen LogP contribution >= 0.6 is 0 Å². The minimum Gasteiger partial charge on any atom is -0.256 e. The lowest BCUT2D eigenvalue weighted by atomic mass is 10.1. The first-order valence-corrected chi connectivity index (χ1v) is 4.26. The molecular formula is C12H11N. The van der Waals surface area contributed by atoms with E-state index in [4.69, 9.17) is 1.37 Å². The van der Waals surface area contributed by atoms with E-state index in [1.807, 2.05) is 43.3 Å². The third-order valence-electron chi connectivity index (χ3n) is 1.92. The molecule has 1 aromatic carbocycles. The topological polar surface area (TPSA) is 12.9 Å². The summed E-state index contributed by atoms with van der Waals surface area (Å²) in [4.78, 5) is 4.22. The van der Waals surface area contributed by atoms with Crippen molar-refractivity contribution in [3.63, 3.8) is 0 Å². The summed E-state index contributed by atoms with van der Waals surface area (Å²) in [6, 6.07) is 12.4. The average molecular weight is 170 g/mol. The van der Waals surface area contributed by atoms with Crippen molar-refractivity contribution < 1.29 is 1.37 Å². The molecule has 0 unspecified atom stereocenters. The number of rotatable bonds is 1. The Labute approximate surface area is 79.5 Å². The van der Waals surface area contributed by atoms with E-state index in [1.54, 1.807) is 6.20 Å². The smallest absolute Gasteiger partial charge is 0.0704 e. The molecule has 0 radical (unpaired) electrons. The molecule has 0 spiro atoms. The molecule has 1 heteroatoms. The molecule has 0 amide bonds. The van der Waals surface area contributed by atoms with Crippen LogP contribution in [0.1, 0.15) is 6.93 Å². The molecule has 2 aromatic rings. The Morgan fingerprint density at radius 1 is 1.23 bits per heavy atom. The van der Waals surface area contributed by atoms with Crippen molar-refractivity contribution in [1.29, 1.82) is 0 Å². The van der Waals surface area contributed by atoms with Gasteiger partial charge in [0.05, 0.1) is 7.06 Å². The molecule has 64 valence electrons. The van der Waals surface area contributed by atoms with Crippen molar-refractivity contribution in [2.75, 3.05) is 0 Å². The molecule has 1 aromatic heterocycles. The van der Waals surface area contributed by atoms with Crippen molar-refractivity contribution in [3.05, 3.63) is 54.2 Å². The van der Waals surface area contributed by atoms with Crippen LogP contribution in [0.25, 0.3) is 11.3 Å². The van der Waals surface area contributed by atoms with Gasteiger partial charge in [-0.3, -0.25) is 4.98 Å². The third-order valence-corrected chi connectivity index (χ3v) is 1.92. The Balaban J connectivity index is 2.48. The van der Waals surface area contributed by atoms with Gasteiger partial charge in [-0.25, -0.2) is 0 Å². The molecule has 13 heavy (non-hydrogen) atoms. The summed E-state index contributed by atoms with van der Waals surface area (Å²) in [6.45, 7) is 1.93. The van der Waals surface area contributed by atoms with E-state index in [0.29, 0.717) is 6.04 Å². The molecule has 0 fully saturated rings. The van der Waals surface area contributed by atoms with E-state index in [0.717, 1.165) is 16.8 Å². The molecule has 0 atom stereocenters. The van der Waals surface area contributed by atoms with Gasteiger partial charge in [0.1, 0.15) is 0 Å². The van der Waals surface area contributed by atoms with Crippen molar-refractivity contribution >= 4 is 0 Å². The zero-order valence-electron chi connectivity index (χ0n) is 8.49. The van der Waals surface area contributed by atoms with E-state index in [9.17, 15) is 0 Å². The van der Waals surface area contributed by atoms with Gasteiger partial charge in [0.25, 0.3) is 0 Å². The summed E-state index contributed by atoms with van der Waals surface area (Å²) >= 11 is 0. The fraction of sp³-hybridized carbons (Fsp3) is 0.0833. The molecular weight excluding hydrogens is 158 g/mol. The zero-order valence-corrected chi connectivity index (χ0v) is 7.49. The lowest BCUT2D eigenvalue weighted by Crippen LogP contribution is -1.82. The molecule has 0 aliphatic rings. The highest BCUT2D eigenvalue weighted by molar-refractivity contribution is 5.59. The highest BCUT2D eigenvalue weighted by Crippen LogP contribution is 2.16. The molecule has 0 saturated carbocycles. The SMILES string of the molecule is [2H]c1cnc(-c2ccccc2)cc1C. The lowest BCUT2D eigenvalue weighted by molar-refractivity contribution is 1.29. The van der Waals surface area contributed by atoms with Crippen LogP contribution in [0.5, 0.6) is 0 Å². The zero-order chi connectivity index (χ0) is 9.97. The number of aromatic nitrogens is 1. The fourth-order valence-electron chi connectivity index (χ4n) is 1.25. The number of hydrogen-bond acceptors (Lipinski definition) is 1. The van der Waals surface area contributed by atoms with Crippen LogP contribution in [-0.2, 0) is 0 Å². The van der Waals surface area contributed by atoms with Crippen molar-refractivity contribution in [1.82, 2.24) is 4.98 Å². The predicted octanol–water partition coefficient (Wildman–Crippen LogP) is 3.06. The Morgan fingerprint density at radius 2 is 2.00 bits per heavy atom. The monoisotopic (exact) mass is 170 g/mol. The first-order chi connectivity index (χ1) is 6.77. The normalized spacial score (nSPS) is 11.0. The number of hydrogen-bond donors (Lipinski definition) is 0. The van der Waals surface area contributed by atoms with Crippen molar-refractivity contribution in [2.24, 2.45) is 0 Å². The van der Waals surface area contributed by atoms with E-state index in [-0.39, 0.29) is 0 Å². The fourth-order valence-corrected chi connectivity index (χ4v) is 1.25. The Hall–Kier alpha value is -1.63. The maximum Gasteiger partial charge on any atom is 0.0704 e. The van der Waals surface area contributed by atoms with Crippen molar-refractivity contribution in [3.8, 4) is 11.3 Å². The molecule has 1 heterocycles. The number of aryl methyl sites for hydroxylation is 1. The minimum absolute atomic E-state index is 0.490. The van der Waals surface area contributed by atoms with Gasteiger partial charge in [0.15, 0.2) is 0 Å². The minimum atomic E-state index is 0.490. The van der Waals surface area contributed by atoms with Gasteiger partial charge >= 0.3 is 0 Å². The summed E-state index contributed by atoms with van der Waals surface area (Å²) in [6.07, 6.45) is 1.59. The van der Waals surface area contributed by atoms with Crippen LogP contribution in [0, 0.1) is 6.92 Å². The molecule has 1 nitrogen and oxygen atoms in total. The van der Waals surface area contributed by atoms with Crippen LogP contribution in [0.4, 0.5) is 0 Å². The van der Waals surface area contributed by atoms with E-state index < -0.39 is 0 Å². The largest absolute Gasteiger partial charge is 0.256 e. The van der Waals surface area contributed by atoms with Gasteiger partial charge in [0.2, 0.25) is 0 Å². The predicted molar refractivity (Wildman–Crippen MR) is 54.4 cm³/mol. The van der Waals surface area contributed by atoms with Crippen LogP contribution in [0.15, 0.2) is 48.6 Å². The van der Waals surface area contributed by atoms with Crippen LogP contribution in [0.2, 0.25) is 0 Å². The maximum absolute atomic E-state index is 7.52. The van der Waals surface area contributed by atoms with E-state index in [1.165, 1.54) is 0 Å². The maximum atomic E-state index is 7.52. The number of pyridine rings is 1. The summed E-state index contributed by atoms with van der Waals surface area (Å²) in [5, 5.41) is 0. The molecule has 0 aliphatic carbocycles. The second-order valence-electron chi connectivity index (χ2n) is 2.98. The van der Waals surface area contributed by atoms with Gasteiger partial charge in [-0.15, -0.1) is 0 Å². The van der Waals surface area contributed by atoms with Gasteiger partial charge in [-0.2, -0.15) is 0 Å². The Bertz CT molecular complexity index is 437. The average Bonchev–Trinajstić information content (AvgIpc) is 2.23. The van der Waals surface area contributed by atoms with Crippen LogP contribution in [-0.4, -0.2) is 4.98 Å². The van der Waals surface area contributed by atoms with Gasteiger partial charge in [-0.1, -0.05) is 30.3 Å². The van der Waals surface area contributed by atoms with Crippen LogP contribution < -0.4 is 0 Å². The lowest BCUT2D eigenvalue weighted by Gasteiger charge is -2.00. The first-order valence-electron chi connectivity index (χ1n) is 4.76. The highest BCUT2D eigenvalue weighted by Gasteiger charge is 1.96. The third kappa shape index (κ3) is 1.75.